The summed E-state index contributed by atoms with van der Waals surface area (Å²) in [6, 6.07) is 5.40. The number of nitrogens with zero attached hydrogens (tertiary/aromatic N) is 1. The van der Waals surface area contributed by atoms with Gasteiger partial charge in [0.15, 0.2) is 0 Å². The van der Waals surface area contributed by atoms with Gasteiger partial charge in [0.1, 0.15) is 0 Å². The van der Waals surface area contributed by atoms with Crippen LogP contribution in [0.5, 0.6) is 0 Å². The lowest BCUT2D eigenvalue weighted by molar-refractivity contribution is -0.122. The highest BCUT2D eigenvalue weighted by Crippen LogP contribution is 2.17. The molecule has 0 spiro atoms. The van der Waals surface area contributed by atoms with Crippen molar-refractivity contribution in [3.63, 3.8) is 0 Å². The highest BCUT2D eigenvalue weighted by molar-refractivity contribution is 9.10. The normalized spacial score (nSPS) is 11.1. The van der Waals surface area contributed by atoms with Crippen LogP contribution in [0.25, 0.3) is 0 Å². The van der Waals surface area contributed by atoms with Gasteiger partial charge in [-0.25, -0.2) is 0 Å². The first kappa shape index (κ1) is 16.7. The van der Waals surface area contributed by atoms with Crippen molar-refractivity contribution in [3.05, 3.63) is 33.8 Å². The Hall–Kier alpha value is -1.36. The van der Waals surface area contributed by atoms with Crippen LogP contribution in [-0.2, 0) is 4.79 Å². The maximum atomic E-state index is 12.2. The van der Waals surface area contributed by atoms with E-state index in [9.17, 15) is 9.59 Å². The lowest BCUT2D eigenvalue weighted by Gasteiger charge is -2.23. The Balaban J connectivity index is 2.72. The number of hydrogen-bond donors (Lipinski definition) is 1. The number of hydrogen-bond acceptors (Lipinski definition) is 2. The third-order valence-corrected chi connectivity index (χ3v) is 3.54. The predicted octanol–water partition coefficient (Wildman–Crippen LogP) is 2.74. The molecule has 1 aromatic rings. The summed E-state index contributed by atoms with van der Waals surface area (Å²) in [5, 5.41) is 2.84. The van der Waals surface area contributed by atoms with Crippen LogP contribution in [0.4, 0.5) is 0 Å². The second-order valence-electron chi connectivity index (χ2n) is 5.92. The Morgan fingerprint density at radius 2 is 1.90 bits per heavy atom. The fourth-order valence-corrected chi connectivity index (χ4v) is 1.99. The molecule has 20 heavy (non-hydrogen) atoms. The lowest BCUT2D eigenvalue weighted by atomic mass is 10.1. The number of carbonyl (C=O) groups excluding carboxylic acids is 2. The minimum atomic E-state index is -0.296. The molecular formula is C15H21BrN2O2. The molecule has 1 rings (SSSR count). The number of aryl methyl sites for hydroxylation is 1. The van der Waals surface area contributed by atoms with E-state index in [1.807, 2.05) is 39.8 Å². The molecule has 0 aromatic heterocycles. The van der Waals surface area contributed by atoms with Crippen LogP contribution in [-0.4, -0.2) is 35.8 Å². The number of benzene rings is 1. The van der Waals surface area contributed by atoms with Crippen molar-refractivity contribution in [1.29, 1.82) is 0 Å². The molecular weight excluding hydrogens is 320 g/mol. The van der Waals surface area contributed by atoms with E-state index in [4.69, 9.17) is 0 Å². The zero-order valence-electron chi connectivity index (χ0n) is 12.6. The summed E-state index contributed by atoms with van der Waals surface area (Å²) in [6.07, 6.45) is 0. The van der Waals surface area contributed by atoms with Crippen molar-refractivity contribution in [2.45, 2.75) is 33.2 Å². The maximum Gasteiger partial charge on any atom is 0.254 e. The summed E-state index contributed by atoms with van der Waals surface area (Å²) in [5.74, 6) is -0.327. The zero-order valence-corrected chi connectivity index (χ0v) is 14.2. The van der Waals surface area contributed by atoms with E-state index >= 15 is 0 Å². The number of amides is 2. The van der Waals surface area contributed by atoms with Crippen molar-refractivity contribution in [2.75, 3.05) is 13.6 Å². The van der Waals surface area contributed by atoms with Gasteiger partial charge in [0, 0.05) is 22.6 Å². The van der Waals surface area contributed by atoms with Gasteiger partial charge in [-0.05, 0) is 51.5 Å². The smallest absolute Gasteiger partial charge is 0.254 e. The fourth-order valence-electron chi connectivity index (χ4n) is 1.74. The first-order chi connectivity index (χ1) is 9.10. The third kappa shape index (κ3) is 4.96. The SMILES string of the molecule is Cc1cc(C(=O)N(C)CC(=O)NC(C)(C)C)ccc1Br. The topological polar surface area (TPSA) is 49.4 Å². The number of likely N-dealkylation sites (N-methyl/N-ethyl adjacent to an activating group) is 1. The average molecular weight is 341 g/mol. The molecule has 4 nitrogen and oxygen atoms in total. The monoisotopic (exact) mass is 340 g/mol. The summed E-state index contributed by atoms with van der Waals surface area (Å²) in [4.78, 5) is 25.5. The summed E-state index contributed by atoms with van der Waals surface area (Å²) < 4.78 is 0.960. The predicted molar refractivity (Wildman–Crippen MR) is 83.7 cm³/mol. The summed E-state index contributed by atoms with van der Waals surface area (Å²) >= 11 is 3.40. The summed E-state index contributed by atoms with van der Waals surface area (Å²) in [7, 11) is 1.63. The molecule has 0 aliphatic carbocycles. The molecule has 1 N–H and O–H groups in total. The molecule has 0 aliphatic rings. The van der Waals surface area contributed by atoms with Gasteiger partial charge in [-0.2, -0.15) is 0 Å². The molecule has 0 unspecified atom stereocenters. The highest BCUT2D eigenvalue weighted by Gasteiger charge is 2.18. The standard InChI is InChI=1S/C15H21BrN2O2/c1-10-8-11(6-7-12(10)16)14(20)18(5)9-13(19)17-15(2,3)4/h6-8H,9H2,1-5H3,(H,17,19). The Morgan fingerprint density at radius 3 is 2.40 bits per heavy atom. The van der Waals surface area contributed by atoms with Crippen LogP contribution in [0.1, 0.15) is 36.7 Å². The minimum Gasteiger partial charge on any atom is -0.350 e. The van der Waals surface area contributed by atoms with Gasteiger partial charge in [0.2, 0.25) is 5.91 Å². The Bertz CT molecular complexity index is 521. The molecule has 0 fully saturated rings. The maximum absolute atomic E-state index is 12.2. The van der Waals surface area contributed by atoms with Crippen LogP contribution < -0.4 is 5.32 Å². The minimum absolute atomic E-state index is 0.0468. The molecule has 1 aromatic carbocycles. The number of carbonyl (C=O) groups is 2. The molecule has 0 saturated heterocycles. The lowest BCUT2D eigenvalue weighted by Crippen LogP contribution is -2.46. The zero-order chi connectivity index (χ0) is 15.5. The molecule has 0 bridgehead atoms. The second kappa shape index (κ2) is 6.39. The first-order valence-corrected chi connectivity index (χ1v) is 7.22. The van der Waals surface area contributed by atoms with E-state index in [1.54, 1.807) is 13.1 Å². The Labute approximate surface area is 128 Å². The molecule has 110 valence electrons. The molecule has 0 heterocycles. The van der Waals surface area contributed by atoms with Gasteiger partial charge in [-0.1, -0.05) is 15.9 Å². The fraction of sp³-hybridized carbons (Fsp3) is 0.467. The summed E-state index contributed by atoms with van der Waals surface area (Å²) in [6.45, 7) is 7.69. The largest absolute Gasteiger partial charge is 0.350 e. The van der Waals surface area contributed by atoms with Crippen LogP contribution in [0, 0.1) is 6.92 Å². The van der Waals surface area contributed by atoms with Crippen molar-refractivity contribution in [2.24, 2.45) is 0 Å². The van der Waals surface area contributed by atoms with E-state index in [0.29, 0.717) is 5.56 Å². The molecule has 2 amide bonds. The molecule has 0 saturated carbocycles. The number of nitrogens with one attached hydrogen (secondary N) is 1. The van der Waals surface area contributed by atoms with E-state index < -0.39 is 0 Å². The molecule has 0 aliphatic heterocycles. The van der Waals surface area contributed by atoms with Crippen LogP contribution in [0.3, 0.4) is 0 Å². The van der Waals surface area contributed by atoms with Gasteiger partial charge in [-0.3, -0.25) is 9.59 Å². The Kier molecular flexibility index (Phi) is 5.34. The van der Waals surface area contributed by atoms with E-state index in [1.165, 1.54) is 4.90 Å². The van der Waals surface area contributed by atoms with E-state index in [0.717, 1.165) is 10.0 Å². The van der Waals surface area contributed by atoms with Crippen molar-refractivity contribution in [3.8, 4) is 0 Å². The molecule has 5 heteroatoms. The summed E-state index contributed by atoms with van der Waals surface area (Å²) in [5.41, 5.74) is 1.27. The van der Waals surface area contributed by atoms with Gasteiger partial charge >= 0.3 is 0 Å². The van der Waals surface area contributed by atoms with Crippen LogP contribution in [0.2, 0.25) is 0 Å². The first-order valence-electron chi connectivity index (χ1n) is 6.43. The van der Waals surface area contributed by atoms with Gasteiger partial charge in [0.05, 0.1) is 6.54 Å². The van der Waals surface area contributed by atoms with Crippen LogP contribution >= 0.6 is 15.9 Å². The Morgan fingerprint density at radius 1 is 1.30 bits per heavy atom. The second-order valence-corrected chi connectivity index (χ2v) is 6.78. The highest BCUT2D eigenvalue weighted by atomic mass is 79.9. The van der Waals surface area contributed by atoms with Crippen molar-refractivity contribution < 1.29 is 9.59 Å². The van der Waals surface area contributed by atoms with Crippen LogP contribution in [0.15, 0.2) is 22.7 Å². The molecule has 0 atom stereocenters. The van der Waals surface area contributed by atoms with Crippen molar-refractivity contribution >= 4 is 27.7 Å². The van der Waals surface area contributed by atoms with Crippen molar-refractivity contribution in [1.82, 2.24) is 10.2 Å². The third-order valence-electron chi connectivity index (χ3n) is 2.65. The molecule has 0 radical (unpaired) electrons. The quantitative estimate of drug-likeness (QED) is 0.919. The average Bonchev–Trinajstić information content (AvgIpc) is 2.29. The van der Waals surface area contributed by atoms with E-state index in [2.05, 4.69) is 21.2 Å². The number of halogens is 1. The van der Waals surface area contributed by atoms with Gasteiger partial charge in [0.25, 0.3) is 5.91 Å². The van der Waals surface area contributed by atoms with Gasteiger partial charge in [-0.15, -0.1) is 0 Å². The van der Waals surface area contributed by atoms with E-state index in [-0.39, 0.29) is 23.9 Å². The van der Waals surface area contributed by atoms with Gasteiger partial charge < -0.3 is 10.2 Å². The number of rotatable bonds is 3.